The molecule has 1 N–H and O–H groups in total. The van der Waals surface area contributed by atoms with Crippen LogP contribution < -0.4 is 4.90 Å². The van der Waals surface area contributed by atoms with Gasteiger partial charge in [0.2, 0.25) is 5.91 Å². The average molecular weight is 424 g/mol. The van der Waals surface area contributed by atoms with E-state index >= 15 is 0 Å². The number of hydrogen-bond acceptors (Lipinski definition) is 4. The number of rotatable bonds is 9. The molecule has 1 aromatic heterocycles. The van der Waals surface area contributed by atoms with Crippen LogP contribution in [0.25, 0.3) is 11.0 Å². The first-order chi connectivity index (χ1) is 14.9. The van der Waals surface area contributed by atoms with Crippen molar-refractivity contribution in [1.29, 1.82) is 0 Å². The Balaban J connectivity index is 2.09. The van der Waals surface area contributed by atoms with E-state index in [1.54, 1.807) is 7.11 Å². The minimum absolute atomic E-state index is 0.0544. The van der Waals surface area contributed by atoms with Crippen molar-refractivity contribution in [2.24, 2.45) is 0 Å². The average Bonchev–Trinajstić information content (AvgIpc) is 3.13. The molecule has 0 aliphatic rings. The Bertz CT molecular complexity index is 1040. The van der Waals surface area contributed by atoms with Gasteiger partial charge in [-0.15, -0.1) is 0 Å². The van der Waals surface area contributed by atoms with Gasteiger partial charge in [-0.25, -0.2) is 4.98 Å². The van der Waals surface area contributed by atoms with Gasteiger partial charge in [0.15, 0.2) is 0 Å². The molecule has 0 unspecified atom stereocenters. The highest BCUT2D eigenvalue weighted by atomic mass is 16.5. The van der Waals surface area contributed by atoms with Gasteiger partial charge >= 0.3 is 0 Å². The van der Waals surface area contributed by atoms with Crippen LogP contribution in [0.4, 0.5) is 5.69 Å². The number of imidazole rings is 1. The summed E-state index contributed by atoms with van der Waals surface area (Å²) in [4.78, 5) is 20.3. The van der Waals surface area contributed by atoms with Crippen LogP contribution in [0.5, 0.6) is 0 Å². The molecule has 0 saturated carbocycles. The highest BCUT2D eigenvalue weighted by Crippen LogP contribution is 2.29. The van der Waals surface area contributed by atoms with Crippen LogP contribution >= 0.6 is 0 Å². The smallest absolute Gasteiger partial charge is 0.247 e. The molecule has 0 aliphatic heterocycles. The molecule has 1 amide bonds. The number of fused-ring (bicyclic) bond motifs is 1. The Kier molecular flexibility index (Phi) is 7.46. The molecule has 2 atom stereocenters. The van der Waals surface area contributed by atoms with Gasteiger partial charge in [0.25, 0.3) is 0 Å². The maximum absolute atomic E-state index is 13.8. The van der Waals surface area contributed by atoms with Crippen molar-refractivity contribution < 1.29 is 14.6 Å². The highest BCUT2D eigenvalue weighted by Gasteiger charge is 2.27. The molecule has 2 aromatic carbocycles. The summed E-state index contributed by atoms with van der Waals surface area (Å²) in [5.74, 6) is 0.471. The van der Waals surface area contributed by atoms with Crippen LogP contribution in [-0.4, -0.2) is 40.3 Å². The molecular formula is C25H33N3O3. The van der Waals surface area contributed by atoms with E-state index in [9.17, 15) is 9.90 Å². The summed E-state index contributed by atoms with van der Waals surface area (Å²) in [5.41, 5.74) is 4.75. The third-order valence-electron chi connectivity index (χ3n) is 5.72. The second-order valence-corrected chi connectivity index (χ2v) is 7.97. The summed E-state index contributed by atoms with van der Waals surface area (Å²) in [5, 5.41) is 10.6. The van der Waals surface area contributed by atoms with Crippen LogP contribution in [0.15, 0.2) is 42.5 Å². The highest BCUT2D eigenvalue weighted by molar-refractivity contribution is 5.96. The number of benzene rings is 2. The second kappa shape index (κ2) is 10.1. The minimum atomic E-state index is -0.727. The number of aliphatic hydroxyl groups is 1. The van der Waals surface area contributed by atoms with Crippen molar-refractivity contribution in [3.8, 4) is 0 Å². The van der Waals surface area contributed by atoms with E-state index in [0.29, 0.717) is 18.9 Å². The van der Waals surface area contributed by atoms with Crippen molar-refractivity contribution in [2.45, 2.75) is 59.2 Å². The van der Waals surface area contributed by atoms with Crippen molar-refractivity contribution in [3.05, 3.63) is 59.4 Å². The lowest BCUT2D eigenvalue weighted by Crippen LogP contribution is -2.44. The Labute approximate surface area is 184 Å². The van der Waals surface area contributed by atoms with Crippen molar-refractivity contribution >= 4 is 22.6 Å². The van der Waals surface area contributed by atoms with Crippen molar-refractivity contribution in [1.82, 2.24) is 9.55 Å². The van der Waals surface area contributed by atoms with E-state index < -0.39 is 6.10 Å². The molecule has 0 radical (unpaired) electrons. The second-order valence-electron chi connectivity index (χ2n) is 7.97. The fourth-order valence-electron chi connectivity index (χ4n) is 4.17. The van der Waals surface area contributed by atoms with Crippen molar-refractivity contribution in [2.75, 3.05) is 18.6 Å². The number of ether oxygens (including phenoxy) is 1. The first kappa shape index (κ1) is 23.0. The molecule has 6 heteroatoms. The monoisotopic (exact) mass is 423 g/mol. The van der Waals surface area contributed by atoms with E-state index in [1.165, 1.54) is 0 Å². The van der Waals surface area contributed by atoms with Gasteiger partial charge in [0.1, 0.15) is 18.5 Å². The molecular weight excluding hydrogens is 390 g/mol. The fraction of sp³-hybridized carbons (Fsp3) is 0.440. The first-order valence-electron chi connectivity index (χ1n) is 11.0. The van der Waals surface area contributed by atoms with E-state index in [1.807, 2.05) is 66.6 Å². The summed E-state index contributed by atoms with van der Waals surface area (Å²) in [6, 6.07) is 13.7. The van der Waals surface area contributed by atoms with E-state index in [-0.39, 0.29) is 18.5 Å². The normalized spacial score (nSPS) is 13.4. The Morgan fingerprint density at radius 2 is 1.94 bits per heavy atom. The molecule has 166 valence electrons. The zero-order valence-electron chi connectivity index (χ0n) is 19.1. The summed E-state index contributed by atoms with van der Waals surface area (Å²) in [6.07, 6.45) is 0.627. The largest absolute Gasteiger partial charge is 0.385 e. The molecule has 0 bridgehead atoms. The van der Waals surface area contributed by atoms with Gasteiger partial charge in [-0.05, 0) is 49.9 Å². The maximum atomic E-state index is 13.8. The number of carbonyl (C=O) groups excluding carboxylic acids is 1. The molecule has 0 fully saturated rings. The van der Waals surface area contributed by atoms with Crippen LogP contribution in [-0.2, 0) is 22.5 Å². The lowest BCUT2D eigenvalue weighted by molar-refractivity contribution is -0.119. The number of carbonyl (C=O) groups is 1. The molecule has 6 nitrogen and oxygen atoms in total. The molecule has 3 aromatic rings. The Hall–Kier alpha value is -2.70. The molecule has 0 saturated heterocycles. The quantitative estimate of drug-likeness (QED) is 0.553. The minimum Gasteiger partial charge on any atom is -0.385 e. The summed E-state index contributed by atoms with van der Waals surface area (Å²) >= 11 is 0. The molecule has 0 spiro atoms. The maximum Gasteiger partial charge on any atom is 0.247 e. The first-order valence-corrected chi connectivity index (χ1v) is 11.0. The third kappa shape index (κ3) is 4.65. The fourth-order valence-corrected chi connectivity index (χ4v) is 4.17. The molecule has 3 rings (SSSR count). The van der Waals surface area contributed by atoms with Gasteiger partial charge in [-0.1, -0.05) is 44.2 Å². The predicted octanol–water partition coefficient (Wildman–Crippen LogP) is 4.42. The van der Waals surface area contributed by atoms with E-state index in [0.717, 1.165) is 34.3 Å². The topological polar surface area (TPSA) is 67.6 Å². The number of aromatic nitrogens is 2. The Morgan fingerprint density at radius 3 is 2.61 bits per heavy atom. The van der Waals surface area contributed by atoms with Crippen LogP contribution in [0.3, 0.4) is 0 Å². The van der Waals surface area contributed by atoms with E-state index in [2.05, 4.69) is 18.0 Å². The number of aryl methyl sites for hydroxylation is 2. The van der Waals surface area contributed by atoms with Gasteiger partial charge in [-0.2, -0.15) is 0 Å². The number of amides is 1. The van der Waals surface area contributed by atoms with Gasteiger partial charge < -0.3 is 19.3 Å². The molecule has 0 aliphatic carbocycles. The number of anilines is 1. The van der Waals surface area contributed by atoms with Gasteiger partial charge in [0, 0.05) is 7.11 Å². The SMILES string of the molecule is CCc1cccc(C)c1N(C(=O)Cn1c([C@@H](O)CC)nc2ccccc21)[C@@H](C)COC. The van der Waals surface area contributed by atoms with Crippen LogP contribution in [0, 0.1) is 6.92 Å². The van der Waals surface area contributed by atoms with E-state index in [4.69, 9.17) is 4.74 Å². The standard InChI is InChI=1S/C25H33N3O3/c1-6-19-12-10-11-17(3)24(19)28(18(4)16-31-5)23(30)15-27-21-14-9-8-13-20(21)26-25(27)22(29)7-2/h8-14,18,22,29H,6-7,15-16H2,1-5H3/t18-,22-/m0/s1. The number of hydrogen-bond donors (Lipinski definition) is 1. The number of para-hydroxylation sites is 3. The van der Waals surface area contributed by atoms with Gasteiger partial charge in [-0.3, -0.25) is 4.79 Å². The number of nitrogens with zero attached hydrogens (tertiary/aromatic N) is 3. The van der Waals surface area contributed by atoms with Crippen molar-refractivity contribution in [3.63, 3.8) is 0 Å². The summed E-state index contributed by atoms with van der Waals surface area (Å²) in [6.45, 7) is 8.57. The summed E-state index contributed by atoms with van der Waals surface area (Å²) in [7, 11) is 1.65. The zero-order valence-corrected chi connectivity index (χ0v) is 19.1. The Morgan fingerprint density at radius 1 is 1.19 bits per heavy atom. The molecule has 1 heterocycles. The van der Waals surface area contributed by atoms with Crippen LogP contribution in [0.2, 0.25) is 0 Å². The van der Waals surface area contributed by atoms with Crippen LogP contribution in [0.1, 0.15) is 50.2 Å². The lowest BCUT2D eigenvalue weighted by atomic mass is 10.0. The number of methoxy groups -OCH3 is 1. The number of aliphatic hydroxyl groups excluding tert-OH is 1. The zero-order chi connectivity index (χ0) is 22.5. The summed E-state index contributed by atoms with van der Waals surface area (Å²) < 4.78 is 7.25. The van der Waals surface area contributed by atoms with Gasteiger partial charge in [0.05, 0.1) is 29.4 Å². The third-order valence-corrected chi connectivity index (χ3v) is 5.72. The lowest BCUT2D eigenvalue weighted by Gasteiger charge is -2.32. The molecule has 31 heavy (non-hydrogen) atoms. The predicted molar refractivity (Wildman–Crippen MR) is 124 cm³/mol.